The molecule has 0 aromatic carbocycles. The Morgan fingerprint density at radius 2 is 2.35 bits per heavy atom. The lowest BCUT2D eigenvalue weighted by molar-refractivity contribution is 0.808. The predicted molar refractivity (Wildman–Crippen MR) is 70.2 cm³/mol. The summed E-state index contributed by atoms with van der Waals surface area (Å²) in [6.07, 6.45) is 2.65. The maximum atomic E-state index is 5.84. The third-order valence-corrected chi connectivity index (χ3v) is 3.96. The molecule has 0 aliphatic heterocycles. The van der Waals surface area contributed by atoms with Crippen LogP contribution in [0.4, 0.5) is 0 Å². The fraction of sp³-hybridized carbons (Fsp3) is 0.364. The Labute approximate surface area is 109 Å². The Bertz CT molecular complexity index is 496. The zero-order chi connectivity index (χ0) is 12.3. The van der Waals surface area contributed by atoms with E-state index in [1.807, 2.05) is 26.0 Å². The van der Waals surface area contributed by atoms with Crippen molar-refractivity contribution in [2.75, 3.05) is 0 Å². The fourth-order valence-corrected chi connectivity index (χ4v) is 2.93. The van der Waals surface area contributed by atoms with Gasteiger partial charge in [0.1, 0.15) is 10.9 Å². The van der Waals surface area contributed by atoms with E-state index in [-0.39, 0.29) is 6.04 Å². The average Bonchev–Trinajstić information content (AvgIpc) is 2.77. The standard InChI is InChI=1S/C11H14N4S2/c1-3-9-14-11(17-15-9)16-10-6-8(7(2)12)4-5-13-10/h4-7H,3,12H2,1-2H3/t7-/m1/s1. The van der Waals surface area contributed by atoms with Gasteiger partial charge in [-0.25, -0.2) is 9.97 Å². The smallest absolute Gasteiger partial charge is 0.176 e. The van der Waals surface area contributed by atoms with Crippen LogP contribution in [0.15, 0.2) is 27.7 Å². The Morgan fingerprint density at radius 1 is 1.53 bits per heavy atom. The lowest BCUT2D eigenvalue weighted by Crippen LogP contribution is -2.04. The van der Waals surface area contributed by atoms with Crippen molar-refractivity contribution in [1.82, 2.24) is 14.3 Å². The van der Waals surface area contributed by atoms with Crippen molar-refractivity contribution < 1.29 is 0 Å². The molecule has 0 fully saturated rings. The minimum Gasteiger partial charge on any atom is -0.324 e. The van der Waals surface area contributed by atoms with Crippen LogP contribution in [0, 0.1) is 0 Å². The van der Waals surface area contributed by atoms with Crippen LogP contribution in [0.1, 0.15) is 31.3 Å². The molecule has 0 radical (unpaired) electrons. The number of hydrogen-bond donors (Lipinski definition) is 1. The molecule has 0 saturated heterocycles. The average molecular weight is 266 g/mol. The van der Waals surface area contributed by atoms with Gasteiger partial charge in [-0.1, -0.05) is 6.92 Å². The topological polar surface area (TPSA) is 64.7 Å². The van der Waals surface area contributed by atoms with Crippen molar-refractivity contribution in [1.29, 1.82) is 0 Å². The van der Waals surface area contributed by atoms with Gasteiger partial charge >= 0.3 is 0 Å². The number of nitrogens with zero attached hydrogens (tertiary/aromatic N) is 3. The molecular weight excluding hydrogens is 252 g/mol. The molecule has 4 nitrogen and oxygen atoms in total. The molecule has 2 heterocycles. The SMILES string of the molecule is CCc1nsc(Sc2cc([C@@H](C)N)ccn2)n1. The van der Waals surface area contributed by atoms with Crippen LogP contribution in [-0.2, 0) is 6.42 Å². The van der Waals surface area contributed by atoms with E-state index in [4.69, 9.17) is 5.73 Å². The molecule has 0 bridgehead atoms. The molecule has 0 saturated carbocycles. The minimum atomic E-state index is 0.0259. The lowest BCUT2D eigenvalue weighted by Gasteiger charge is -2.05. The van der Waals surface area contributed by atoms with Gasteiger partial charge < -0.3 is 5.73 Å². The van der Waals surface area contributed by atoms with E-state index in [0.717, 1.165) is 27.2 Å². The molecule has 2 N–H and O–H groups in total. The van der Waals surface area contributed by atoms with Crippen molar-refractivity contribution in [3.05, 3.63) is 29.7 Å². The van der Waals surface area contributed by atoms with Crippen LogP contribution < -0.4 is 5.73 Å². The van der Waals surface area contributed by atoms with Crippen LogP contribution in [-0.4, -0.2) is 14.3 Å². The summed E-state index contributed by atoms with van der Waals surface area (Å²) >= 11 is 2.95. The fourth-order valence-electron chi connectivity index (χ4n) is 1.28. The quantitative estimate of drug-likeness (QED) is 0.921. The van der Waals surface area contributed by atoms with Gasteiger partial charge in [0, 0.05) is 18.7 Å². The van der Waals surface area contributed by atoms with Gasteiger partial charge in [-0.15, -0.1) is 0 Å². The van der Waals surface area contributed by atoms with Gasteiger partial charge in [0.2, 0.25) is 0 Å². The van der Waals surface area contributed by atoms with Crippen LogP contribution in [0.25, 0.3) is 0 Å². The molecule has 0 aliphatic carbocycles. The summed E-state index contributed by atoms with van der Waals surface area (Å²) in [5.41, 5.74) is 6.93. The van der Waals surface area contributed by atoms with E-state index in [1.54, 1.807) is 6.20 Å². The lowest BCUT2D eigenvalue weighted by atomic mass is 10.1. The molecule has 0 spiro atoms. The first kappa shape index (κ1) is 12.5. The van der Waals surface area contributed by atoms with E-state index in [9.17, 15) is 0 Å². The molecule has 6 heteroatoms. The summed E-state index contributed by atoms with van der Waals surface area (Å²) in [5.74, 6) is 0.890. The van der Waals surface area contributed by atoms with E-state index >= 15 is 0 Å². The van der Waals surface area contributed by atoms with Crippen LogP contribution in [0.5, 0.6) is 0 Å². The Balaban J connectivity index is 2.15. The molecule has 1 atom stereocenters. The van der Waals surface area contributed by atoms with Gasteiger partial charge in [0.15, 0.2) is 4.34 Å². The first-order valence-electron chi connectivity index (χ1n) is 5.41. The zero-order valence-corrected chi connectivity index (χ0v) is 11.4. The molecule has 2 aromatic heterocycles. The molecule has 2 aromatic rings. The molecule has 17 heavy (non-hydrogen) atoms. The minimum absolute atomic E-state index is 0.0259. The highest BCUT2D eigenvalue weighted by Crippen LogP contribution is 2.28. The number of rotatable bonds is 4. The highest BCUT2D eigenvalue weighted by atomic mass is 32.2. The van der Waals surface area contributed by atoms with Crippen molar-refractivity contribution in [2.24, 2.45) is 5.73 Å². The monoisotopic (exact) mass is 266 g/mol. The number of aromatic nitrogens is 3. The van der Waals surface area contributed by atoms with Gasteiger partial charge in [-0.05, 0) is 47.9 Å². The van der Waals surface area contributed by atoms with Gasteiger partial charge in [-0.3, -0.25) is 0 Å². The van der Waals surface area contributed by atoms with Gasteiger partial charge in [0.05, 0.1) is 0 Å². The molecular formula is C11H14N4S2. The summed E-state index contributed by atoms with van der Waals surface area (Å²) in [6, 6.07) is 3.97. The van der Waals surface area contributed by atoms with E-state index in [0.29, 0.717) is 0 Å². The molecule has 0 aliphatic rings. The maximum absolute atomic E-state index is 5.84. The van der Waals surface area contributed by atoms with Crippen molar-refractivity contribution in [3.63, 3.8) is 0 Å². The summed E-state index contributed by atoms with van der Waals surface area (Å²) in [5, 5.41) is 0.915. The number of hydrogen-bond acceptors (Lipinski definition) is 6. The highest BCUT2D eigenvalue weighted by molar-refractivity contribution is 8.00. The van der Waals surface area contributed by atoms with Gasteiger partial charge in [0.25, 0.3) is 0 Å². The second-order valence-electron chi connectivity index (χ2n) is 3.65. The highest BCUT2D eigenvalue weighted by Gasteiger charge is 2.07. The molecule has 2 rings (SSSR count). The van der Waals surface area contributed by atoms with E-state index in [2.05, 4.69) is 14.3 Å². The molecule has 0 amide bonds. The zero-order valence-electron chi connectivity index (χ0n) is 9.75. The summed E-state index contributed by atoms with van der Waals surface area (Å²) in [4.78, 5) is 8.70. The van der Waals surface area contributed by atoms with Crippen molar-refractivity contribution >= 4 is 23.3 Å². The predicted octanol–water partition coefficient (Wildman–Crippen LogP) is 2.67. The van der Waals surface area contributed by atoms with Crippen LogP contribution >= 0.6 is 23.3 Å². The third-order valence-electron chi connectivity index (χ3n) is 2.24. The number of pyridine rings is 1. The Morgan fingerprint density at radius 3 is 3.00 bits per heavy atom. The first-order valence-corrected chi connectivity index (χ1v) is 7.00. The Hall–Kier alpha value is -0.980. The van der Waals surface area contributed by atoms with E-state index < -0.39 is 0 Å². The normalized spacial score (nSPS) is 12.6. The summed E-state index contributed by atoms with van der Waals surface area (Å²) in [7, 11) is 0. The molecule has 90 valence electrons. The van der Waals surface area contributed by atoms with Crippen LogP contribution in [0.2, 0.25) is 0 Å². The summed E-state index contributed by atoms with van der Waals surface area (Å²) in [6.45, 7) is 4.01. The van der Waals surface area contributed by atoms with Crippen LogP contribution in [0.3, 0.4) is 0 Å². The first-order chi connectivity index (χ1) is 8.19. The second kappa shape index (κ2) is 5.57. The van der Waals surface area contributed by atoms with E-state index in [1.165, 1.54) is 23.3 Å². The number of aryl methyl sites for hydroxylation is 1. The number of nitrogens with two attached hydrogens (primary N) is 1. The van der Waals surface area contributed by atoms with Crippen molar-refractivity contribution in [3.8, 4) is 0 Å². The molecule has 0 unspecified atom stereocenters. The van der Waals surface area contributed by atoms with Crippen molar-refractivity contribution in [2.45, 2.75) is 35.7 Å². The summed E-state index contributed by atoms with van der Waals surface area (Å²) < 4.78 is 5.17. The second-order valence-corrected chi connectivity index (χ2v) is 5.67. The largest absolute Gasteiger partial charge is 0.324 e. The maximum Gasteiger partial charge on any atom is 0.176 e. The van der Waals surface area contributed by atoms with Gasteiger partial charge in [-0.2, -0.15) is 4.37 Å². The Kier molecular flexibility index (Phi) is 4.09. The third kappa shape index (κ3) is 3.24.